The number of allylic oxidation sites excluding steroid dienone is 1. The Hall–Kier alpha value is -1.88. The van der Waals surface area contributed by atoms with Gasteiger partial charge in [0.2, 0.25) is 5.88 Å². The molecule has 0 saturated carbocycles. The zero-order chi connectivity index (χ0) is 13.0. The zero-order valence-electron chi connectivity index (χ0n) is 9.68. The molecule has 0 saturated heterocycles. The summed E-state index contributed by atoms with van der Waals surface area (Å²) in [5.41, 5.74) is 0.650. The first-order valence-electron chi connectivity index (χ1n) is 5.35. The largest absolute Gasteiger partial charge is 0.437 e. The molecule has 2 aromatic rings. The number of rotatable bonds is 3. The highest BCUT2D eigenvalue weighted by atomic mass is 79.9. The third kappa shape index (κ3) is 2.68. The summed E-state index contributed by atoms with van der Waals surface area (Å²) in [5.74, 6) is 0.894. The van der Waals surface area contributed by atoms with Crippen LogP contribution in [-0.2, 0) is 0 Å². The van der Waals surface area contributed by atoms with Gasteiger partial charge in [0.15, 0.2) is 0 Å². The van der Waals surface area contributed by atoms with E-state index in [9.17, 15) is 4.79 Å². The van der Waals surface area contributed by atoms with Gasteiger partial charge in [-0.3, -0.25) is 4.79 Å². The second-order valence-electron chi connectivity index (χ2n) is 3.49. The SMILES string of the molecule is C/C=C/c1ccccc1Oc1nc[nH]c(=O)c1Br. The molecule has 0 aliphatic rings. The quantitative estimate of drug-likeness (QED) is 0.946. The molecule has 0 amide bonds. The number of nitrogens with zero attached hydrogens (tertiary/aromatic N) is 1. The minimum Gasteiger partial charge on any atom is -0.437 e. The number of para-hydroxylation sites is 1. The van der Waals surface area contributed by atoms with Gasteiger partial charge in [-0.25, -0.2) is 4.98 Å². The lowest BCUT2D eigenvalue weighted by atomic mass is 10.2. The number of nitrogens with one attached hydrogen (secondary N) is 1. The first-order chi connectivity index (χ1) is 8.72. The van der Waals surface area contributed by atoms with E-state index in [0.717, 1.165) is 5.56 Å². The van der Waals surface area contributed by atoms with E-state index in [1.807, 2.05) is 43.3 Å². The molecule has 92 valence electrons. The number of aromatic amines is 1. The summed E-state index contributed by atoms with van der Waals surface area (Å²) in [6.07, 6.45) is 5.15. The van der Waals surface area contributed by atoms with Gasteiger partial charge in [-0.1, -0.05) is 30.4 Å². The molecule has 4 nitrogen and oxygen atoms in total. The molecule has 0 aliphatic carbocycles. The van der Waals surface area contributed by atoms with E-state index in [4.69, 9.17) is 4.74 Å². The van der Waals surface area contributed by atoms with Crippen LogP contribution >= 0.6 is 15.9 Å². The van der Waals surface area contributed by atoms with Crippen molar-refractivity contribution in [3.63, 3.8) is 0 Å². The van der Waals surface area contributed by atoms with Gasteiger partial charge in [-0.15, -0.1) is 0 Å². The number of halogens is 1. The fourth-order valence-corrected chi connectivity index (χ4v) is 1.73. The van der Waals surface area contributed by atoms with Crippen LogP contribution in [0.3, 0.4) is 0 Å². The molecule has 0 bridgehead atoms. The van der Waals surface area contributed by atoms with Crippen LogP contribution in [0.2, 0.25) is 0 Å². The summed E-state index contributed by atoms with van der Waals surface area (Å²) in [7, 11) is 0. The van der Waals surface area contributed by atoms with Crippen molar-refractivity contribution in [1.29, 1.82) is 0 Å². The maximum atomic E-state index is 11.4. The molecule has 1 N–H and O–H groups in total. The topological polar surface area (TPSA) is 55.0 Å². The van der Waals surface area contributed by atoms with Crippen molar-refractivity contribution in [3.05, 3.63) is 57.1 Å². The highest BCUT2D eigenvalue weighted by Gasteiger charge is 2.09. The van der Waals surface area contributed by atoms with E-state index in [-0.39, 0.29) is 15.9 Å². The Morgan fingerprint density at radius 1 is 1.39 bits per heavy atom. The summed E-state index contributed by atoms with van der Waals surface area (Å²) < 4.78 is 5.92. The minimum absolute atomic E-state index is 0.246. The van der Waals surface area contributed by atoms with Gasteiger partial charge in [0.1, 0.15) is 10.2 Å². The Balaban J connectivity index is 2.40. The smallest absolute Gasteiger partial charge is 0.268 e. The van der Waals surface area contributed by atoms with Crippen LogP contribution in [0, 0.1) is 0 Å². The molecule has 1 aromatic heterocycles. The predicted octanol–water partition coefficient (Wildman–Crippen LogP) is 3.36. The van der Waals surface area contributed by atoms with Crippen LogP contribution in [0.25, 0.3) is 6.08 Å². The Morgan fingerprint density at radius 2 is 2.17 bits per heavy atom. The van der Waals surface area contributed by atoms with Gasteiger partial charge < -0.3 is 9.72 Å². The van der Waals surface area contributed by atoms with Gasteiger partial charge in [-0.2, -0.15) is 0 Å². The van der Waals surface area contributed by atoms with Crippen LogP contribution < -0.4 is 10.3 Å². The average molecular weight is 307 g/mol. The van der Waals surface area contributed by atoms with E-state index in [1.54, 1.807) is 0 Å². The van der Waals surface area contributed by atoms with Crippen LogP contribution in [0.5, 0.6) is 11.6 Å². The van der Waals surface area contributed by atoms with Crippen molar-refractivity contribution in [2.45, 2.75) is 6.92 Å². The molecule has 0 atom stereocenters. The fourth-order valence-electron chi connectivity index (χ4n) is 1.43. The van der Waals surface area contributed by atoms with Crippen molar-refractivity contribution >= 4 is 22.0 Å². The van der Waals surface area contributed by atoms with E-state index >= 15 is 0 Å². The lowest BCUT2D eigenvalue weighted by Gasteiger charge is -2.08. The molecule has 2 rings (SSSR count). The Morgan fingerprint density at radius 3 is 2.94 bits per heavy atom. The normalized spacial score (nSPS) is 10.8. The minimum atomic E-state index is -0.275. The number of H-pyrrole nitrogens is 1. The molecule has 18 heavy (non-hydrogen) atoms. The molecule has 1 heterocycles. The molecule has 0 unspecified atom stereocenters. The van der Waals surface area contributed by atoms with Crippen LogP contribution in [0.4, 0.5) is 0 Å². The van der Waals surface area contributed by atoms with Gasteiger partial charge in [0, 0.05) is 5.56 Å². The van der Waals surface area contributed by atoms with Gasteiger partial charge >= 0.3 is 0 Å². The number of hydrogen-bond donors (Lipinski definition) is 1. The molecule has 0 spiro atoms. The second-order valence-corrected chi connectivity index (χ2v) is 4.28. The van der Waals surface area contributed by atoms with Gasteiger partial charge in [0.05, 0.1) is 6.33 Å². The lowest BCUT2D eigenvalue weighted by Crippen LogP contribution is -2.08. The van der Waals surface area contributed by atoms with E-state index < -0.39 is 0 Å². The van der Waals surface area contributed by atoms with Crippen molar-refractivity contribution in [1.82, 2.24) is 9.97 Å². The monoisotopic (exact) mass is 306 g/mol. The fraction of sp³-hybridized carbons (Fsp3) is 0.0769. The molecular weight excluding hydrogens is 296 g/mol. The molecule has 0 fully saturated rings. The summed E-state index contributed by atoms with van der Waals surface area (Å²) in [4.78, 5) is 17.8. The molecule has 5 heteroatoms. The maximum Gasteiger partial charge on any atom is 0.268 e. The highest BCUT2D eigenvalue weighted by Crippen LogP contribution is 2.27. The summed E-state index contributed by atoms with van der Waals surface area (Å²) in [5, 5.41) is 0. The Labute approximate surface area is 112 Å². The van der Waals surface area contributed by atoms with Crippen molar-refractivity contribution < 1.29 is 4.74 Å². The lowest BCUT2D eigenvalue weighted by molar-refractivity contribution is 0.456. The predicted molar refractivity (Wildman–Crippen MR) is 73.8 cm³/mol. The maximum absolute atomic E-state index is 11.4. The van der Waals surface area contributed by atoms with Crippen LogP contribution in [0.15, 0.2) is 45.9 Å². The standard InChI is InChI=1S/C13H11BrN2O2/c1-2-5-9-6-3-4-7-10(9)18-13-11(14)12(17)15-8-16-13/h2-8H,1H3,(H,15,16,17)/b5-2+. The van der Waals surface area contributed by atoms with Gasteiger partial charge in [-0.05, 0) is 28.9 Å². The highest BCUT2D eigenvalue weighted by molar-refractivity contribution is 9.10. The summed E-state index contributed by atoms with van der Waals surface area (Å²) in [6, 6.07) is 7.53. The van der Waals surface area contributed by atoms with Crippen molar-refractivity contribution in [2.75, 3.05) is 0 Å². The number of aromatic nitrogens is 2. The van der Waals surface area contributed by atoms with E-state index in [1.165, 1.54) is 6.33 Å². The third-order valence-corrected chi connectivity index (χ3v) is 2.94. The second kappa shape index (κ2) is 5.64. The Kier molecular flexibility index (Phi) is 3.94. The zero-order valence-corrected chi connectivity index (χ0v) is 11.3. The number of benzene rings is 1. The average Bonchev–Trinajstić information content (AvgIpc) is 2.37. The van der Waals surface area contributed by atoms with E-state index in [0.29, 0.717) is 5.75 Å². The molecule has 0 aliphatic heterocycles. The third-order valence-electron chi connectivity index (χ3n) is 2.24. The van der Waals surface area contributed by atoms with Gasteiger partial charge in [0.25, 0.3) is 5.56 Å². The number of ether oxygens (including phenoxy) is 1. The van der Waals surface area contributed by atoms with Crippen LogP contribution in [-0.4, -0.2) is 9.97 Å². The Bertz CT molecular complexity index is 635. The first kappa shape index (κ1) is 12.6. The molecule has 1 aromatic carbocycles. The van der Waals surface area contributed by atoms with Crippen molar-refractivity contribution in [3.8, 4) is 11.6 Å². The van der Waals surface area contributed by atoms with Crippen molar-refractivity contribution in [2.24, 2.45) is 0 Å². The summed E-state index contributed by atoms with van der Waals surface area (Å²) >= 11 is 3.15. The first-order valence-corrected chi connectivity index (χ1v) is 6.14. The molecule has 0 radical (unpaired) electrons. The summed E-state index contributed by atoms with van der Waals surface area (Å²) in [6.45, 7) is 1.93. The van der Waals surface area contributed by atoms with E-state index in [2.05, 4.69) is 25.9 Å². The number of hydrogen-bond acceptors (Lipinski definition) is 3. The molecular formula is C13H11BrN2O2. The van der Waals surface area contributed by atoms with Crippen LogP contribution in [0.1, 0.15) is 12.5 Å².